The number of nitrogens with one attached hydrogen (secondary N) is 1. The molecule has 3 aromatic carbocycles. The number of hydrogen-bond acceptors (Lipinski definition) is 5. The van der Waals surface area contributed by atoms with Gasteiger partial charge in [0.15, 0.2) is 11.5 Å². The van der Waals surface area contributed by atoms with E-state index in [2.05, 4.69) is 4.98 Å². The summed E-state index contributed by atoms with van der Waals surface area (Å²) in [5, 5.41) is 12.2. The quantitative estimate of drug-likeness (QED) is 0.257. The topological polar surface area (TPSA) is 91.9 Å². The van der Waals surface area contributed by atoms with Crippen LogP contribution >= 0.6 is 0 Å². The maximum atomic E-state index is 13.6. The van der Waals surface area contributed by atoms with Crippen molar-refractivity contribution >= 4 is 34.0 Å². The summed E-state index contributed by atoms with van der Waals surface area (Å²) in [6.45, 7) is 0.781. The molecule has 0 saturated carbocycles. The Bertz CT molecular complexity index is 1520. The minimum absolute atomic E-state index is 0.0687. The number of aromatic nitrogens is 1. The van der Waals surface area contributed by atoms with Crippen molar-refractivity contribution in [1.29, 1.82) is 0 Å². The van der Waals surface area contributed by atoms with Crippen LogP contribution in [0.5, 0.6) is 11.5 Å². The highest BCUT2D eigenvalue weighted by Crippen LogP contribution is 2.45. The first-order chi connectivity index (χ1) is 17.0. The van der Waals surface area contributed by atoms with Gasteiger partial charge in [-0.2, -0.15) is 0 Å². The fourth-order valence-electron chi connectivity index (χ4n) is 4.66. The third-order valence-electron chi connectivity index (χ3n) is 6.28. The van der Waals surface area contributed by atoms with Gasteiger partial charge >= 0.3 is 0 Å². The Morgan fingerprint density at radius 1 is 0.971 bits per heavy atom. The number of aromatic amines is 1. The maximum Gasteiger partial charge on any atom is 0.300 e. The number of aliphatic hydroxyl groups excluding tert-OH is 1. The molecule has 4 aromatic rings. The second-order valence-electron chi connectivity index (χ2n) is 8.29. The molecule has 0 radical (unpaired) electrons. The van der Waals surface area contributed by atoms with E-state index < -0.39 is 23.5 Å². The van der Waals surface area contributed by atoms with E-state index in [4.69, 9.17) is 9.47 Å². The molecule has 0 aliphatic carbocycles. The zero-order valence-electron chi connectivity index (χ0n) is 18.3. The number of nitrogens with zero attached hydrogens (tertiary/aromatic N) is 1. The number of carbonyl (C=O) groups excluding carboxylic acids is 2. The fourth-order valence-corrected chi connectivity index (χ4v) is 4.66. The van der Waals surface area contributed by atoms with Crippen LogP contribution in [-0.4, -0.2) is 35.0 Å². The number of benzene rings is 3. The monoisotopic (exact) mass is 470 g/mol. The van der Waals surface area contributed by atoms with Crippen molar-refractivity contribution in [3.8, 4) is 11.5 Å². The number of ether oxygens (including phenoxy) is 2. The fraction of sp³-hybridized carbons (Fsp3) is 0.111. The molecule has 0 spiro atoms. The molecule has 1 amide bonds. The van der Waals surface area contributed by atoms with Crippen LogP contribution < -0.4 is 14.4 Å². The number of carbonyl (C=O) groups is 2. The number of ketones is 1. The standard InChI is InChI=1S/C27H19FN2O5/c28-16-6-8-17(9-7-16)30-24(19-14-29-20-4-2-1-3-18(19)20)23(26(32)27(30)33)25(31)15-5-10-21-22(13-15)35-12-11-34-21/h1-10,13-14,24,29,31H,11-12H2/b25-23+. The van der Waals surface area contributed by atoms with Crippen molar-refractivity contribution in [2.24, 2.45) is 0 Å². The predicted molar refractivity (Wildman–Crippen MR) is 127 cm³/mol. The Kier molecular flexibility index (Phi) is 4.81. The minimum atomic E-state index is -0.940. The molecular formula is C27H19FN2O5. The molecule has 2 aliphatic rings. The van der Waals surface area contributed by atoms with E-state index in [0.29, 0.717) is 41.5 Å². The van der Waals surface area contributed by atoms with Crippen LogP contribution in [0, 0.1) is 5.82 Å². The van der Waals surface area contributed by atoms with E-state index in [9.17, 15) is 19.1 Å². The number of amides is 1. The summed E-state index contributed by atoms with van der Waals surface area (Å²) in [5.41, 5.74) is 2.02. The molecule has 174 valence electrons. The molecule has 7 nitrogen and oxygen atoms in total. The van der Waals surface area contributed by atoms with Gasteiger partial charge in [0, 0.05) is 33.9 Å². The third kappa shape index (κ3) is 3.33. The van der Waals surface area contributed by atoms with Crippen molar-refractivity contribution in [2.75, 3.05) is 18.1 Å². The van der Waals surface area contributed by atoms with E-state index in [-0.39, 0.29) is 11.3 Å². The maximum absolute atomic E-state index is 13.6. The Morgan fingerprint density at radius 3 is 2.51 bits per heavy atom. The van der Waals surface area contributed by atoms with Gasteiger partial charge in [0.25, 0.3) is 11.7 Å². The van der Waals surface area contributed by atoms with Gasteiger partial charge in [0.1, 0.15) is 24.8 Å². The lowest BCUT2D eigenvalue weighted by Gasteiger charge is -2.25. The van der Waals surface area contributed by atoms with Crippen LogP contribution in [0.1, 0.15) is 17.2 Å². The molecule has 6 rings (SSSR count). The zero-order valence-corrected chi connectivity index (χ0v) is 18.3. The summed E-state index contributed by atoms with van der Waals surface area (Å²) in [5.74, 6) is -1.47. The minimum Gasteiger partial charge on any atom is -0.507 e. The first-order valence-corrected chi connectivity index (χ1v) is 11.1. The lowest BCUT2D eigenvalue weighted by Crippen LogP contribution is -2.29. The van der Waals surface area contributed by atoms with Crippen molar-refractivity contribution in [1.82, 2.24) is 4.98 Å². The normalized spacial score (nSPS) is 18.9. The van der Waals surface area contributed by atoms with E-state index in [0.717, 1.165) is 10.9 Å². The first-order valence-electron chi connectivity index (χ1n) is 11.1. The number of rotatable bonds is 3. The highest BCUT2D eigenvalue weighted by atomic mass is 19.1. The number of H-pyrrole nitrogens is 1. The molecule has 1 aromatic heterocycles. The summed E-state index contributed by atoms with van der Waals surface area (Å²) in [6, 6.07) is 16.7. The second kappa shape index (κ2) is 8.02. The largest absolute Gasteiger partial charge is 0.507 e. The van der Waals surface area contributed by atoms with Crippen LogP contribution in [0.3, 0.4) is 0 Å². The lowest BCUT2D eigenvalue weighted by atomic mass is 9.94. The van der Waals surface area contributed by atoms with E-state index in [1.165, 1.54) is 29.2 Å². The highest BCUT2D eigenvalue weighted by Gasteiger charge is 2.47. The van der Waals surface area contributed by atoms with Gasteiger partial charge in [-0.3, -0.25) is 14.5 Å². The smallest absolute Gasteiger partial charge is 0.300 e. The van der Waals surface area contributed by atoms with Crippen molar-refractivity contribution in [2.45, 2.75) is 6.04 Å². The average molecular weight is 470 g/mol. The van der Waals surface area contributed by atoms with E-state index in [1.807, 2.05) is 24.3 Å². The van der Waals surface area contributed by atoms with Gasteiger partial charge in [-0.05, 0) is 48.5 Å². The highest BCUT2D eigenvalue weighted by molar-refractivity contribution is 6.51. The molecule has 1 saturated heterocycles. The number of anilines is 1. The van der Waals surface area contributed by atoms with Gasteiger partial charge < -0.3 is 19.6 Å². The number of halogens is 1. The Balaban J connectivity index is 1.57. The Hall–Kier alpha value is -4.59. The summed E-state index contributed by atoms with van der Waals surface area (Å²) >= 11 is 0. The summed E-state index contributed by atoms with van der Waals surface area (Å²) in [4.78, 5) is 31.1. The third-order valence-corrected chi connectivity index (χ3v) is 6.28. The van der Waals surface area contributed by atoms with Gasteiger partial charge in [-0.1, -0.05) is 18.2 Å². The van der Waals surface area contributed by atoms with Crippen molar-refractivity contribution in [3.63, 3.8) is 0 Å². The predicted octanol–water partition coefficient (Wildman–Crippen LogP) is 4.70. The lowest BCUT2D eigenvalue weighted by molar-refractivity contribution is -0.132. The molecule has 1 atom stereocenters. The number of aliphatic hydroxyl groups is 1. The summed E-state index contributed by atoms with van der Waals surface area (Å²) in [7, 11) is 0. The average Bonchev–Trinajstić information content (AvgIpc) is 3.42. The van der Waals surface area contributed by atoms with Crippen LogP contribution in [-0.2, 0) is 9.59 Å². The van der Waals surface area contributed by atoms with Gasteiger partial charge in [-0.15, -0.1) is 0 Å². The van der Waals surface area contributed by atoms with Crippen molar-refractivity contribution in [3.05, 3.63) is 95.4 Å². The number of fused-ring (bicyclic) bond motifs is 2. The Morgan fingerprint density at radius 2 is 1.71 bits per heavy atom. The SMILES string of the molecule is O=C1C(=O)N(c2ccc(F)cc2)C(c2c[nH]c3ccccc23)/C1=C(\O)c1ccc2c(c1)OCCO2. The van der Waals surface area contributed by atoms with Crippen LogP contribution in [0.15, 0.2) is 78.5 Å². The van der Waals surface area contributed by atoms with Gasteiger partial charge in [0.2, 0.25) is 0 Å². The zero-order chi connectivity index (χ0) is 24.1. The first kappa shape index (κ1) is 21.0. The molecule has 0 bridgehead atoms. The molecule has 3 heterocycles. The number of para-hydroxylation sites is 1. The molecule has 1 fully saturated rings. The molecule has 35 heavy (non-hydrogen) atoms. The van der Waals surface area contributed by atoms with E-state index >= 15 is 0 Å². The summed E-state index contributed by atoms with van der Waals surface area (Å²) in [6.07, 6.45) is 1.72. The van der Waals surface area contributed by atoms with Crippen LogP contribution in [0.2, 0.25) is 0 Å². The van der Waals surface area contributed by atoms with Crippen LogP contribution in [0.4, 0.5) is 10.1 Å². The summed E-state index contributed by atoms with van der Waals surface area (Å²) < 4.78 is 24.8. The number of Topliss-reactive ketones (excluding diaryl/α,β-unsaturated/α-hetero) is 1. The van der Waals surface area contributed by atoms with Crippen LogP contribution in [0.25, 0.3) is 16.7 Å². The number of hydrogen-bond donors (Lipinski definition) is 2. The molecule has 2 N–H and O–H groups in total. The van der Waals surface area contributed by atoms with Gasteiger partial charge in [0.05, 0.1) is 11.6 Å². The molecule has 1 unspecified atom stereocenters. The molecule has 2 aliphatic heterocycles. The Labute approximate surface area is 199 Å². The van der Waals surface area contributed by atoms with Crippen molar-refractivity contribution < 1.29 is 28.6 Å². The second-order valence-corrected chi connectivity index (χ2v) is 8.29. The van der Waals surface area contributed by atoms with Gasteiger partial charge in [-0.25, -0.2) is 4.39 Å². The molecular weight excluding hydrogens is 451 g/mol. The molecule has 8 heteroatoms. The van der Waals surface area contributed by atoms with E-state index in [1.54, 1.807) is 24.4 Å².